The summed E-state index contributed by atoms with van der Waals surface area (Å²) < 4.78 is 0. The van der Waals surface area contributed by atoms with Crippen LogP contribution in [0.3, 0.4) is 0 Å². The van der Waals surface area contributed by atoms with E-state index in [0.29, 0.717) is 6.42 Å². The summed E-state index contributed by atoms with van der Waals surface area (Å²) in [6.07, 6.45) is 1.60. The first-order valence-corrected chi connectivity index (χ1v) is 7.92. The number of nitrogens with one attached hydrogen (secondary N) is 1. The Labute approximate surface area is 136 Å². The van der Waals surface area contributed by atoms with Crippen LogP contribution in [0.25, 0.3) is 0 Å². The number of amides is 1. The minimum absolute atomic E-state index is 0.212. The van der Waals surface area contributed by atoms with Gasteiger partial charge in [0.25, 0.3) is 0 Å². The Hall–Kier alpha value is -2.62. The Morgan fingerprint density at radius 3 is 2.52 bits per heavy atom. The van der Waals surface area contributed by atoms with E-state index in [1.165, 1.54) is 0 Å². The number of aryl methyl sites for hydroxylation is 1. The summed E-state index contributed by atoms with van der Waals surface area (Å²) in [4.78, 5) is 13.6. The fraction of sp³-hybridized carbons (Fsp3) is 0.263. The lowest BCUT2D eigenvalue weighted by atomic mass is 10.1. The summed E-state index contributed by atoms with van der Waals surface area (Å²) >= 11 is 0. The third-order valence-electron chi connectivity index (χ3n) is 4.16. The van der Waals surface area contributed by atoms with Gasteiger partial charge in [-0.3, -0.25) is 10.2 Å². The van der Waals surface area contributed by atoms with Crippen LogP contribution in [0.1, 0.15) is 30.9 Å². The molecule has 4 heteroatoms. The van der Waals surface area contributed by atoms with Crippen molar-refractivity contribution in [3.8, 4) is 0 Å². The van der Waals surface area contributed by atoms with Crippen LogP contribution in [0.2, 0.25) is 0 Å². The number of hydrogen-bond acceptors (Lipinski definition) is 3. The molecule has 118 valence electrons. The molecule has 2 aromatic carbocycles. The van der Waals surface area contributed by atoms with E-state index in [1.807, 2.05) is 54.3 Å². The molecule has 1 aliphatic rings. The van der Waals surface area contributed by atoms with E-state index in [-0.39, 0.29) is 5.91 Å². The third-order valence-corrected chi connectivity index (χ3v) is 4.16. The summed E-state index contributed by atoms with van der Waals surface area (Å²) in [5, 5.41) is 4.45. The first-order valence-electron chi connectivity index (χ1n) is 7.92. The second kappa shape index (κ2) is 6.65. The van der Waals surface area contributed by atoms with E-state index in [9.17, 15) is 4.79 Å². The van der Waals surface area contributed by atoms with Gasteiger partial charge < -0.3 is 4.90 Å². The number of benzene rings is 2. The fourth-order valence-corrected chi connectivity index (χ4v) is 2.71. The Kier molecular flexibility index (Phi) is 4.42. The second-order valence-electron chi connectivity index (χ2n) is 5.82. The molecular formula is C19H21N3O. The number of para-hydroxylation sites is 1. The standard InChI is InChI=1S/C19H21N3O/c1-14-6-3-4-7-18(14)21-20-15(2)16-9-11-17(12-10-16)22-13-5-8-19(22)23/h3-4,6-7,9-12,21H,5,8,13H2,1-2H3/b20-15-. The van der Waals surface area contributed by atoms with E-state index < -0.39 is 0 Å². The molecule has 0 aliphatic carbocycles. The normalized spacial score (nSPS) is 15.1. The molecule has 1 fully saturated rings. The van der Waals surface area contributed by atoms with Gasteiger partial charge in [0, 0.05) is 18.7 Å². The summed E-state index contributed by atoms with van der Waals surface area (Å²) in [6.45, 7) is 4.84. The van der Waals surface area contributed by atoms with Crippen molar-refractivity contribution in [3.63, 3.8) is 0 Å². The van der Waals surface area contributed by atoms with Crippen LogP contribution in [0.4, 0.5) is 11.4 Å². The largest absolute Gasteiger partial charge is 0.312 e. The molecular weight excluding hydrogens is 286 g/mol. The molecule has 0 spiro atoms. The first kappa shape index (κ1) is 15.3. The van der Waals surface area contributed by atoms with Crippen LogP contribution >= 0.6 is 0 Å². The van der Waals surface area contributed by atoms with Gasteiger partial charge in [0.2, 0.25) is 5.91 Å². The van der Waals surface area contributed by atoms with Gasteiger partial charge in [-0.25, -0.2) is 0 Å². The van der Waals surface area contributed by atoms with Crippen molar-refractivity contribution in [2.75, 3.05) is 16.9 Å². The highest BCUT2D eigenvalue weighted by Crippen LogP contribution is 2.22. The molecule has 0 atom stereocenters. The molecule has 0 aromatic heterocycles. The lowest BCUT2D eigenvalue weighted by Gasteiger charge is -2.16. The molecule has 2 aromatic rings. The SMILES string of the molecule is C/C(=N/Nc1ccccc1C)c1ccc(N2CCCC2=O)cc1. The molecule has 23 heavy (non-hydrogen) atoms. The van der Waals surface area contributed by atoms with Gasteiger partial charge in [-0.2, -0.15) is 5.10 Å². The monoisotopic (exact) mass is 307 g/mol. The predicted molar refractivity (Wildman–Crippen MR) is 95.0 cm³/mol. The fourth-order valence-electron chi connectivity index (χ4n) is 2.71. The molecule has 1 saturated heterocycles. The lowest BCUT2D eigenvalue weighted by molar-refractivity contribution is -0.117. The van der Waals surface area contributed by atoms with Gasteiger partial charge in [-0.1, -0.05) is 30.3 Å². The number of anilines is 2. The van der Waals surface area contributed by atoms with Crippen LogP contribution in [-0.4, -0.2) is 18.2 Å². The molecule has 3 rings (SSSR count). The van der Waals surface area contributed by atoms with E-state index >= 15 is 0 Å². The predicted octanol–water partition coefficient (Wildman–Crippen LogP) is 3.96. The van der Waals surface area contributed by atoms with Crippen LogP contribution < -0.4 is 10.3 Å². The summed E-state index contributed by atoms with van der Waals surface area (Å²) in [5.74, 6) is 0.212. The van der Waals surface area contributed by atoms with Crippen molar-refractivity contribution in [3.05, 3.63) is 59.7 Å². The average molecular weight is 307 g/mol. The quantitative estimate of drug-likeness (QED) is 0.686. The van der Waals surface area contributed by atoms with Crippen molar-refractivity contribution in [2.45, 2.75) is 26.7 Å². The Balaban J connectivity index is 1.72. The molecule has 0 bridgehead atoms. The summed E-state index contributed by atoms with van der Waals surface area (Å²) in [5.41, 5.74) is 8.20. The number of nitrogens with zero attached hydrogens (tertiary/aromatic N) is 2. The van der Waals surface area contributed by atoms with Crippen molar-refractivity contribution in [1.82, 2.24) is 0 Å². The maximum atomic E-state index is 11.8. The Morgan fingerprint density at radius 1 is 1.13 bits per heavy atom. The van der Waals surface area contributed by atoms with Crippen molar-refractivity contribution < 1.29 is 4.79 Å². The maximum Gasteiger partial charge on any atom is 0.227 e. The third kappa shape index (κ3) is 3.42. The topological polar surface area (TPSA) is 44.7 Å². The zero-order valence-electron chi connectivity index (χ0n) is 13.5. The minimum Gasteiger partial charge on any atom is -0.312 e. The minimum atomic E-state index is 0.212. The van der Waals surface area contributed by atoms with E-state index in [0.717, 1.165) is 41.2 Å². The van der Waals surface area contributed by atoms with Crippen LogP contribution in [0, 0.1) is 6.92 Å². The first-order chi connectivity index (χ1) is 11.1. The number of carbonyl (C=O) groups excluding carboxylic acids is 1. The van der Waals surface area contributed by atoms with E-state index in [4.69, 9.17) is 0 Å². The average Bonchev–Trinajstić information content (AvgIpc) is 3.00. The maximum absolute atomic E-state index is 11.8. The van der Waals surface area contributed by atoms with Crippen LogP contribution in [-0.2, 0) is 4.79 Å². The van der Waals surface area contributed by atoms with Gasteiger partial charge in [0.1, 0.15) is 0 Å². The van der Waals surface area contributed by atoms with Crippen molar-refractivity contribution in [1.29, 1.82) is 0 Å². The lowest BCUT2D eigenvalue weighted by Crippen LogP contribution is -2.23. The number of hydrogen-bond donors (Lipinski definition) is 1. The highest BCUT2D eigenvalue weighted by atomic mass is 16.2. The van der Waals surface area contributed by atoms with Crippen molar-refractivity contribution >= 4 is 23.0 Å². The van der Waals surface area contributed by atoms with Crippen LogP contribution in [0.15, 0.2) is 53.6 Å². The van der Waals surface area contributed by atoms with E-state index in [1.54, 1.807) is 0 Å². The molecule has 1 aliphatic heterocycles. The Morgan fingerprint density at radius 2 is 1.87 bits per heavy atom. The van der Waals surface area contributed by atoms with Crippen LogP contribution in [0.5, 0.6) is 0 Å². The molecule has 0 radical (unpaired) electrons. The van der Waals surface area contributed by atoms with Gasteiger partial charge >= 0.3 is 0 Å². The van der Waals surface area contributed by atoms with Gasteiger partial charge in [-0.15, -0.1) is 0 Å². The highest BCUT2D eigenvalue weighted by molar-refractivity contribution is 6.00. The summed E-state index contributed by atoms with van der Waals surface area (Å²) in [7, 11) is 0. The Bertz CT molecular complexity index is 735. The zero-order chi connectivity index (χ0) is 16.2. The zero-order valence-corrected chi connectivity index (χ0v) is 13.5. The molecule has 0 saturated carbocycles. The molecule has 1 amide bonds. The molecule has 1 heterocycles. The van der Waals surface area contributed by atoms with Gasteiger partial charge in [0.05, 0.1) is 11.4 Å². The molecule has 4 nitrogen and oxygen atoms in total. The smallest absolute Gasteiger partial charge is 0.227 e. The highest BCUT2D eigenvalue weighted by Gasteiger charge is 2.21. The van der Waals surface area contributed by atoms with Gasteiger partial charge in [0.15, 0.2) is 0 Å². The summed E-state index contributed by atoms with van der Waals surface area (Å²) in [6, 6.07) is 16.1. The molecule has 1 N–H and O–H groups in total. The number of carbonyl (C=O) groups is 1. The second-order valence-corrected chi connectivity index (χ2v) is 5.82. The molecule has 0 unspecified atom stereocenters. The number of hydrazone groups is 1. The van der Waals surface area contributed by atoms with Gasteiger partial charge in [-0.05, 0) is 49.6 Å². The van der Waals surface area contributed by atoms with E-state index in [2.05, 4.69) is 23.5 Å². The number of rotatable bonds is 4. The van der Waals surface area contributed by atoms with Crippen molar-refractivity contribution in [2.24, 2.45) is 5.10 Å².